The molecule has 21 rings (SSSR count). The molecular formula is C26H23Fe2P. The van der Waals surface area contributed by atoms with Crippen molar-refractivity contribution < 1.29 is 13.0 Å². The Hall–Kier alpha value is 0.689. The number of fused-ring (bicyclic) bond motifs is 20. The van der Waals surface area contributed by atoms with E-state index in [-0.39, 0.29) is 0 Å². The molecule has 0 aliphatic carbocycles. The number of hydrogen-bond donors (Lipinski definition) is 0. The molecule has 9 atom stereocenters. The Balaban J connectivity index is 1.12. The summed E-state index contributed by atoms with van der Waals surface area (Å²) in [6.07, 6.45) is 0. The molecule has 9 unspecified atom stereocenters. The molecule has 0 nitrogen and oxygen atoms in total. The predicted octanol–water partition coefficient (Wildman–Crippen LogP) is 6.78. The van der Waals surface area contributed by atoms with Crippen molar-refractivity contribution >= 4 is 14.5 Å². The fourth-order valence-electron chi connectivity index (χ4n) is 35.1. The molecule has 20 saturated heterocycles. The standard InChI is InChI=1S/C16H13P.2C5H5.2Fe/c17-15-11-5-10-14(12-6-1-2-7-12)16(15)13-8-3-4-9-13;2*1-2-4-5-3-1;;/h1-11H,17H2;2*1-5H;;. The predicted molar refractivity (Wildman–Crippen MR) is 107 cm³/mol. The quantitative estimate of drug-likeness (QED) is 0.325. The van der Waals surface area contributed by atoms with Gasteiger partial charge in [-0.15, -0.1) is 0 Å². The van der Waals surface area contributed by atoms with Crippen LogP contribution < -0.4 is 5.30 Å². The minimum absolute atomic E-state index is 1.01. The normalized spacial score (nSPS) is 138. The second-order valence-electron chi connectivity index (χ2n) is 21.1. The molecule has 0 N–H and O–H groups in total. The Morgan fingerprint density at radius 1 is 0.552 bits per heavy atom. The first-order chi connectivity index (χ1) is 13.7. The Morgan fingerprint density at radius 3 is 1.31 bits per heavy atom. The third-order valence-electron chi connectivity index (χ3n) is 31.2. The molecule has 1 aromatic rings. The number of benzene rings is 1. The summed E-state index contributed by atoms with van der Waals surface area (Å²) in [6, 6.07) is 8.08. The van der Waals surface area contributed by atoms with Crippen LogP contribution in [-0.4, -0.2) is 0 Å². The van der Waals surface area contributed by atoms with Gasteiger partial charge in [0.05, 0.1) is 0 Å². The van der Waals surface area contributed by atoms with Crippen molar-refractivity contribution in [2.45, 2.75) is 95.3 Å². The fourth-order valence-corrected chi connectivity index (χ4v) is 184. The van der Waals surface area contributed by atoms with E-state index in [1.807, 2.05) is 0 Å². The van der Waals surface area contributed by atoms with Gasteiger partial charge in [-0.3, -0.25) is 0 Å². The van der Waals surface area contributed by atoms with Crippen molar-refractivity contribution in [2.24, 2.45) is 0 Å². The van der Waals surface area contributed by atoms with E-state index in [0.717, 1.165) is 8.63 Å². The summed E-state index contributed by atoms with van der Waals surface area (Å²) in [4.78, 5) is 26.8. The van der Waals surface area contributed by atoms with Gasteiger partial charge in [0.2, 0.25) is 0 Å². The molecule has 1 aromatic carbocycles. The van der Waals surface area contributed by atoms with E-state index in [1.165, 1.54) is 86.7 Å². The maximum absolute atomic E-state index is 3.41. The van der Waals surface area contributed by atoms with Crippen LogP contribution in [0, 0.1) is 0 Å². The van der Waals surface area contributed by atoms with Crippen LogP contribution in [0.3, 0.4) is 0 Å². The van der Waals surface area contributed by atoms with E-state index in [4.69, 9.17) is 0 Å². The molecule has 0 radical (unpaired) electrons. The molecule has 0 amide bonds. The molecule has 0 bridgehead atoms. The van der Waals surface area contributed by atoms with E-state index in [1.54, 1.807) is 5.30 Å². The van der Waals surface area contributed by atoms with Crippen molar-refractivity contribution in [1.29, 1.82) is 0 Å². The summed E-state index contributed by atoms with van der Waals surface area (Å²) < 4.78 is 2.02. The first-order valence-corrected chi connectivity index (χ1v) is 26.2. The van der Waals surface area contributed by atoms with Gasteiger partial charge in [-0.1, -0.05) is 0 Å². The van der Waals surface area contributed by atoms with Gasteiger partial charge in [-0.2, -0.15) is 0 Å². The van der Waals surface area contributed by atoms with Gasteiger partial charge in [0.15, 0.2) is 0 Å². The van der Waals surface area contributed by atoms with Gasteiger partial charge in [0, 0.05) is 0 Å². The summed E-state index contributed by atoms with van der Waals surface area (Å²) in [5, 5.41) is 1.80. The van der Waals surface area contributed by atoms with Gasteiger partial charge in [-0.25, -0.2) is 0 Å². The van der Waals surface area contributed by atoms with Crippen molar-refractivity contribution in [3.8, 4) is 0 Å². The molecular weight excluding hydrogens is 455 g/mol. The molecule has 20 fully saturated rings. The van der Waals surface area contributed by atoms with Gasteiger partial charge in [0.1, 0.15) is 0 Å². The van der Waals surface area contributed by atoms with Crippen LogP contribution in [0.15, 0.2) is 18.2 Å². The first kappa shape index (κ1) is 9.90. The van der Waals surface area contributed by atoms with E-state index >= 15 is 0 Å². The molecule has 20 aliphatic rings. The average molecular weight is 478 g/mol. The van der Waals surface area contributed by atoms with Gasteiger partial charge < -0.3 is 0 Å². The molecule has 29 heavy (non-hydrogen) atoms. The second-order valence-corrected chi connectivity index (χ2v) is 68.9. The number of rotatable bonds is 2. The molecule has 0 saturated carbocycles. The third kappa shape index (κ3) is 0.0997. The Kier molecular flexibility index (Phi) is 0.264. The van der Waals surface area contributed by atoms with Crippen LogP contribution in [0.1, 0.15) is 11.1 Å². The molecule has 20 heterocycles. The molecule has 2 spiro atoms. The number of hydrogen-bond acceptors (Lipinski definition) is 0. The summed E-state index contributed by atoms with van der Waals surface area (Å²) in [5.41, 5.74) is 4.47. The molecule has 0 aromatic heterocycles. The summed E-state index contributed by atoms with van der Waals surface area (Å²) >= 11 is 0. The zero-order chi connectivity index (χ0) is 16.9. The van der Waals surface area contributed by atoms with Crippen LogP contribution in [0.5, 0.6) is 0 Å². The van der Waals surface area contributed by atoms with Crippen molar-refractivity contribution in [3.05, 3.63) is 29.3 Å². The maximum atomic E-state index is 3.41. The molecule has 148 valence electrons. The molecule has 3 heteroatoms. The van der Waals surface area contributed by atoms with Crippen LogP contribution in [-0.2, 0) is 21.6 Å². The van der Waals surface area contributed by atoms with E-state index in [0.29, 0.717) is 0 Å². The van der Waals surface area contributed by atoms with E-state index < -0.39 is 13.0 Å². The Bertz CT molecular complexity index is 2240. The van der Waals surface area contributed by atoms with Gasteiger partial charge >= 0.3 is 152 Å². The van der Waals surface area contributed by atoms with Crippen molar-refractivity contribution in [3.63, 3.8) is 0 Å². The Labute approximate surface area is 151 Å². The summed E-state index contributed by atoms with van der Waals surface area (Å²) in [7, 11) is 3.41. The molecule has 20 aliphatic heterocycles. The Morgan fingerprint density at radius 2 is 0.966 bits per heavy atom. The SMILES string of the molecule is Pc1cccc([C]23[CH]4[CH]5[CH]6[CH]2[Fe]56432789[CH]3[CH]2[CH]7[CH]8[CH]39)c1[C]12[CH]3[CH]4[CH]5[CH]1[Fe]45321678[CH]2[CH]1[CH]6[CH]7[CH]28. The average Bonchev–Trinajstić information content (AvgIpc) is 3.61. The van der Waals surface area contributed by atoms with Gasteiger partial charge in [0.25, 0.3) is 0 Å². The van der Waals surface area contributed by atoms with Crippen molar-refractivity contribution in [2.75, 3.05) is 0 Å². The second kappa shape index (κ2) is 0.773. The first-order valence-electron chi connectivity index (χ1n) is 13.0. The van der Waals surface area contributed by atoms with Gasteiger partial charge in [-0.05, 0) is 0 Å². The third-order valence-corrected chi connectivity index (χ3v) is 116. The monoisotopic (exact) mass is 478 g/mol. The zero-order valence-corrected chi connectivity index (χ0v) is 19.3. The van der Waals surface area contributed by atoms with E-state index in [9.17, 15) is 0 Å². The summed E-state index contributed by atoms with van der Waals surface area (Å²) in [5.74, 6) is 0. The minimum atomic E-state index is -3.09. The fraction of sp³-hybridized carbons (Fsp3) is 0.769. The zero-order valence-electron chi connectivity index (χ0n) is 15.9. The van der Waals surface area contributed by atoms with E-state index in [2.05, 4.69) is 38.6 Å². The van der Waals surface area contributed by atoms with Crippen molar-refractivity contribution in [1.82, 2.24) is 0 Å². The van der Waals surface area contributed by atoms with Crippen LogP contribution in [0.2, 0.25) is 86.7 Å². The topological polar surface area (TPSA) is 0 Å². The van der Waals surface area contributed by atoms with Crippen LogP contribution in [0.25, 0.3) is 0 Å². The van der Waals surface area contributed by atoms with Crippen LogP contribution >= 0.6 is 9.24 Å². The summed E-state index contributed by atoms with van der Waals surface area (Å²) in [6.45, 7) is -6.17. The van der Waals surface area contributed by atoms with Crippen LogP contribution in [0.4, 0.5) is 0 Å².